The van der Waals surface area contributed by atoms with Crippen LogP contribution in [0.15, 0.2) is 78.9 Å². The van der Waals surface area contributed by atoms with E-state index in [1.807, 2.05) is 42.5 Å². The minimum Gasteiger partial charge on any atom is -0.489 e. The van der Waals surface area contributed by atoms with Crippen LogP contribution in [0.1, 0.15) is 15.9 Å². The van der Waals surface area contributed by atoms with Crippen LogP contribution in [0.25, 0.3) is 0 Å². The number of rotatable bonds is 8. The molecule has 0 bridgehead atoms. The smallest absolute Gasteiger partial charge is 0.341 e. The van der Waals surface area contributed by atoms with Crippen LogP contribution in [0.2, 0.25) is 0 Å². The fraction of sp³-hybridized carbons (Fsp3) is 0.0909. The van der Waals surface area contributed by atoms with Gasteiger partial charge in [-0.25, -0.2) is 4.79 Å². The zero-order valence-electron chi connectivity index (χ0n) is 15.0. The van der Waals surface area contributed by atoms with Gasteiger partial charge in [0.15, 0.2) is 6.61 Å². The summed E-state index contributed by atoms with van der Waals surface area (Å²) in [4.78, 5) is 23.2. The number of para-hydroxylation sites is 1. The second-order valence-corrected chi connectivity index (χ2v) is 5.92. The Labute approximate surface area is 162 Å². The highest BCUT2D eigenvalue weighted by Crippen LogP contribution is 2.19. The molecule has 0 aliphatic heterocycles. The Bertz CT molecular complexity index is 939. The van der Waals surface area contributed by atoms with E-state index in [-0.39, 0.29) is 12.5 Å². The van der Waals surface area contributed by atoms with Gasteiger partial charge in [0.1, 0.15) is 18.1 Å². The molecule has 0 radical (unpaired) electrons. The Hall–Kier alpha value is -3.80. The SMILES string of the molecule is O=C(O)COc1ccc(NC(=O)c2ccccc2COc2ccccc2)cc1. The number of carbonyl (C=O) groups is 2. The van der Waals surface area contributed by atoms with Crippen LogP contribution in [0, 0.1) is 0 Å². The topological polar surface area (TPSA) is 84.9 Å². The van der Waals surface area contributed by atoms with Crippen LogP contribution in [0.4, 0.5) is 5.69 Å². The minimum absolute atomic E-state index is 0.258. The Morgan fingerprint density at radius 2 is 1.43 bits per heavy atom. The number of hydrogen-bond donors (Lipinski definition) is 2. The average molecular weight is 377 g/mol. The first kappa shape index (κ1) is 19.0. The third-order valence-electron chi connectivity index (χ3n) is 3.87. The first-order valence-electron chi connectivity index (χ1n) is 8.63. The molecule has 0 spiro atoms. The summed E-state index contributed by atoms with van der Waals surface area (Å²) in [6.45, 7) is -0.143. The van der Waals surface area contributed by atoms with E-state index < -0.39 is 12.6 Å². The van der Waals surface area contributed by atoms with Crippen LogP contribution in [-0.4, -0.2) is 23.6 Å². The molecule has 1 amide bonds. The van der Waals surface area contributed by atoms with Gasteiger partial charge in [0.05, 0.1) is 0 Å². The monoisotopic (exact) mass is 377 g/mol. The summed E-state index contributed by atoms with van der Waals surface area (Å²) in [5, 5.41) is 11.4. The minimum atomic E-state index is -1.05. The third kappa shape index (κ3) is 5.35. The van der Waals surface area contributed by atoms with E-state index in [0.29, 0.717) is 17.0 Å². The molecule has 0 aliphatic carbocycles. The maximum Gasteiger partial charge on any atom is 0.341 e. The van der Waals surface area contributed by atoms with Crippen molar-refractivity contribution in [3.05, 3.63) is 90.0 Å². The molecular weight excluding hydrogens is 358 g/mol. The molecule has 3 aromatic rings. The molecule has 3 aromatic carbocycles. The van der Waals surface area contributed by atoms with E-state index in [1.165, 1.54) is 0 Å². The van der Waals surface area contributed by atoms with E-state index in [0.717, 1.165) is 11.3 Å². The van der Waals surface area contributed by atoms with E-state index >= 15 is 0 Å². The van der Waals surface area contributed by atoms with Crippen LogP contribution >= 0.6 is 0 Å². The molecule has 0 unspecified atom stereocenters. The summed E-state index contributed by atoms with van der Waals surface area (Å²) >= 11 is 0. The van der Waals surface area contributed by atoms with Gasteiger partial charge in [-0.1, -0.05) is 36.4 Å². The van der Waals surface area contributed by atoms with Crippen molar-refractivity contribution in [2.45, 2.75) is 6.61 Å². The molecule has 2 N–H and O–H groups in total. The normalized spacial score (nSPS) is 10.1. The number of ether oxygens (including phenoxy) is 2. The van der Waals surface area contributed by atoms with Gasteiger partial charge in [-0.3, -0.25) is 4.79 Å². The highest BCUT2D eigenvalue weighted by Gasteiger charge is 2.12. The van der Waals surface area contributed by atoms with Crippen molar-refractivity contribution in [2.75, 3.05) is 11.9 Å². The first-order chi connectivity index (χ1) is 13.6. The molecule has 0 saturated carbocycles. The molecule has 0 atom stereocenters. The lowest BCUT2D eigenvalue weighted by Gasteiger charge is -2.12. The summed E-state index contributed by atoms with van der Waals surface area (Å²) in [7, 11) is 0. The molecule has 3 rings (SSSR count). The van der Waals surface area contributed by atoms with E-state index in [4.69, 9.17) is 14.6 Å². The van der Waals surface area contributed by atoms with Crippen molar-refractivity contribution in [2.24, 2.45) is 0 Å². The van der Waals surface area contributed by atoms with Gasteiger partial charge in [-0.15, -0.1) is 0 Å². The third-order valence-corrected chi connectivity index (χ3v) is 3.87. The van der Waals surface area contributed by atoms with Crippen LogP contribution in [0.3, 0.4) is 0 Å². The Morgan fingerprint density at radius 1 is 0.786 bits per heavy atom. The van der Waals surface area contributed by atoms with Crippen LogP contribution in [-0.2, 0) is 11.4 Å². The number of anilines is 1. The number of carbonyl (C=O) groups excluding carboxylic acids is 1. The van der Waals surface area contributed by atoms with E-state index in [9.17, 15) is 9.59 Å². The molecule has 0 aromatic heterocycles. The lowest BCUT2D eigenvalue weighted by atomic mass is 10.1. The maximum absolute atomic E-state index is 12.7. The van der Waals surface area contributed by atoms with Crippen LogP contribution in [0.5, 0.6) is 11.5 Å². The molecule has 0 heterocycles. The second-order valence-electron chi connectivity index (χ2n) is 5.92. The van der Waals surface area contributed by atoms with Crippen molar-refractivity contribution < 1.29 is 24.2 Å². The lowest BCUT2D eigenvalue weighted by molar-refractivity contribution is -0.139. The number of amides is 1. The van der Waals surface area contributed by atoms with Crippen LogP contribution < -0.4 is 14.8 Å². The van der Waals surface area contributed by atoms with Crippen molar-refractivity contribution in [3.8, 4) is 11.5 Å². The quantitative estimate of drug-likeness (QED) is 0.620. The standard InChI is InChI=1S/C22H19NO5/c24-21(25)15-28-19-12-10-17(11-13-19)23-22(26)20-9-5-4-6-16(20)14-27-18-7-2-1-3-8-18/h1-13H,14-15H2,(H,23,26)(H,24,25). The van der Waals surface area contributed by atoms with Crippen molar-refractivity contribution in [3.63, 3.8) is 0 Å². The van der Waals surface area contributed by atoms with Gasteiger partial charge in [0, 0.05) is 16.8 Å². The van der Waals surface area contributed by atoms with Crippen molar-refractivity contribution in [1.29, 1.82) is 0 Å². The van der Waals surface area contributed by atoms with Gasteiger partial charge >= 0.3 is 5.97 Å². The molecule has 6 heteroatoms. The fourth-order valence-corrected chi connectivity index (χ4v) is 2.52. The Morgan fingerprint density at radius 3 is 2.14 bits per heavy atom. The summed E-state index contributed by atoms with van der Waals surface area (Å²) in [6.07, 6.45) is 0. The van der Waals surface area contributed by atoms with Gasteiger partial charge in [-0.2, -0.15) is 0 Å². The predicted octanol–water partition coefficient (Wildman–Crippen LogP) is 3.98. The first-order valence-corrected chi connectivity index (χ1v) is 8.63. The molecule has 142 valence electrons. The summed E-state index contributed by atoms with van der Waals surface area (Å²) < 4.78 is 10.8. The Kier molecular flexibility index (Phi) is 6.25. The number of carboxylic acids is 1. The number of hydrogen-bond acceptors (Lipinski definition) is 4. The summed E-state index contributed by atoms with van der Waals surface area (Å²) in [5.74, 6) is -0.162. The van der Waals surface area contributed by atoms with Crippen molar-refractivity contribution in [1.82, 2.24) is 0 Å². The summed E-state index contributed by atoms with van der Waals surface area (Å²) in [6, 6.07) is 23.1. The lowest BCUT2D eigenvalue weighted by Crippen LogP contribution is -2.15. The number of carboxylic acid groups (broad SMARTS) is 1. The predicted molar refractivity (Wildman–Crippen MR) is 105 cm³/mol. The summed E-state index contributed by atoms with van der Waals surface area (Å²) in [5.41, 5.74) is 1.86. The highest BCUT2D eigenvalue weighted by atomic mass is 16.5. The van der Waals surface area contributed by atoms with Gasteiger partial charge in [0.25, 0.3) is 5.91 Å². The van der Waals surface area contributed by atoms with E-state index in [2.05, 4.69) is 5.32 Å². The molecular formula is C22H19NO5. The highest BCUT2D eigenvalue weighted by molar-refractivity contribution is 6.05. The second kappa shape index (κ2) is 9.23. The number of nitrogens with one attached hydrogen (secondary N) is 1. The van der Waals surface area contributed by atoms with Crippen molar-refractivity contribution >= 4 is 17.6 Å². The number of benzene rings is 3. The fourth-order valence-electron chi connectivity index (χ4n) is 2.52. The van der Waals surface area contributed by atoms with E-state index in [1.54, 1.807) is 36.4 Å². The average Bonchev–Trinajstić information content (AvgIpc) is 2.72. The largest absolute Gasteiger partial charge is 0.489 e. The number of aliphatic carboxylic acids is 1. The molecule has 6 nitrogen and oxygen atoms in total. The molecule has 0 saturated heterocycles. The molecule has 0 fully saturated rings. The zero-order valence-corrected chi connectivity index (χ0v) is 15.0. The van der Waals surface area contributed by atoms with Gasteiger partial charge < -0.3 is 19.9 Å². The van der Waals surface area contributed by atoms with Gasteiger partial charge in [-0.05, 0) is 42.5 Å². The Balaban J connectivity index is 1.65. The van der Waals surface area contributed by atoms with Gasteiger partial charge in [0.2, 0.25) is 0 Å². The molecule has 28 heavy (non-hydrogen) atoms. The maximum atomic E-state index is 12.7. The zero-order chi connectivity index (χ0) is 19.8. The molecule has 0 aliphatic rings.